The van der Waals surface area contributed by atoms with Crippen LogP contribution in [0.2, 0.25) is 0 Å². The minimum absolute atomic E-state index is 0.666. The van der Waals surface area contributed by atoms with Gasteiger partial charge in [-0.05, 0) is 13.0 Å². The van der Waals surface area contributed by atoms with Crippen LogP contribution in [0.5, 0.6) is 0 Å². The van der Waals surface area contributed by atoms with Crippen LogP contribution in [0.25, 0.3) is 21.5 Å². The zero-order valence-corrected chi connectivity index (χ0v) is 14.3. The number of benzene rings is 1. The molecule has 0 saturated heterocycles. The predicted molar refractivity (Wildman–Crippen MR) is 98.1 cm³/mol. The number of hydrogen-bond donors (Lipinski definition) is 1. The minimum Gasteiger partial charge on any atom is -0.365 e. The molecule has 1 N–H and O–H groups in total. The normalized spacial score (nSPS) is 11.1. The molecule has 0 aliphatic carbocycles. The lowest BCUT2D eigenvalue weighted by Gasteiger charge is -2.06. The second kappa shape index (κ2) is 6.05. The Bertz CT molecular complexity index is 987. The van der Waals surface area contributed by atoms with Gasteiger partial charge >= 0.3 is 0 Å². The maximum atomic E-state index is 4.61. The van der Waals surface area contributed by atoms with Crippen LogP contribution in [-0.4, -0.2) is 19.7 Å². The Balaban J connectivity index is 1.64. The maximum absolute atomic E-state index is 4.61. The standard InChI is InChI=1S/C18H17N5S/c1-12-8-15-17(20-11-21-18(15)24-12)19-9-14-10-23(2)22-16(14)13-6-4-3-5-7-13/h3-8,10-11H,9H2,1-2H3,(H,19,20,21). The molecule has 24 heavy (non-hydrogen) atoms. The third-order valence-corrected chi connectivity index (χ3v) is 4.81. The monoisotopic (exact) mass is 335 g/mol. The van der Waals surface area contributed by atoms with E-state index in [0.717, 1.165) is 32.9 Å². The predicted octanol–water partition coefficient (Wildman–Crippen LogP) is 4.01. The van der Waals surface area contributed by atoms with Crippen molar-refractivity contribution < 1.29 is 0 Å². The van der Waals surface area contributed by atoms with Crippen molar-refractivity contribution in [3.63, 3.8) is 0 Å². The first-order chi connectivity index (χ1) is 11.7. The Labute approximate surface area is 144 Å². The molecular weight excluding hydrogens is 318 g/mol. The molecule has 0 saturated carbocycles. The van der Waals surface area contributed by atoms with Gasteiger partial charge in [0.1, 0.15) is 17.0 Å². The Kier molecular flexibility index (Phi) is 3.74. The number of hydrogen-bond acceptors (Lipinski definition) is 5. The molecule has 0 fully saturated rings. The maximum Gasteiger partial charge on any atom is 0.138 e. The highest BCUT2D eigenvalue weighted by molar-refractivity contribution is 7.18. The molecule has 3 aromatic heterocycles. The molecule has 0 aliphatic heterocycles. The minimum atomic E-state index is 0.666. The van der Waals surface area contributed by atoms with Crippen molar-refractivity contribution in [2.75, 3.05) is 5.32 Å². The number of aromatic nitrogens is 4. The Morgan fingerprint density at radius 2 is 2.00 bits per heavy atom. The lowest BCUT2D eigenvalue weighted by atomic mass is 10.1. The van der Waals surface area contributed by atoms with Gasteiger partial charge < -0.3 is 5.32 Å². The number of nitrogens with one attached hydrogen (secondary N) is 1. The van der Waals surface area contributed by atoms with Gasteiger partial charge in [0.2, 0.25) is 0 Å². The molecule has 0 aliphatic rings. The summed E-state index contributed by atoms with van der Waals surface area (Å²) >= 11 is 1.68. The fraction of sp³-hybridized carbons (Fsp3) is 0.167. The third-order valence-electron chi connectivity index (χ3n) is 3.85. The SMILES string of the molecule is Cc1cc2c(NCc3cn(C)nc3-c3ccccc3)ncnc2s1. The van der Waals surface area contributed by atoms with E-state index in [9.17, 15) is 0 Å². The molecule has 0 unspecified atom stereocenters. The van der Waals surface area contributed by atoms with Gasteiger partial charge in [-0.3, -0.25) is 4.68 Å². The van der Waals surface area contributed by atoms with Crippen LogP contribution in [0.4, 0.5) is 5.82 Å². The zero-order valence-electron chi connectivity index (χ0n) is 13.5. The molecular formula is C18H17N5S. The van der Waals surface area contributed by atoms with Crippen molar-refractivity contribution in [3.8, 4) is 11.3 Å². The highest BCUT2D eigenvalue weighted by Crippen LogP contribution is 2.28. The number of nitrogens with zero attached hydrogens (tertiary/aromatic N) is 4. The van der Waals surface area contributed by atoms with E-state index in [1.807, 2.05) is 36.1 Å². The van der Waals surface area contributed by atoms with Crippen LogP contribution in [0.1, 0.15) is 10.4 Å². The highest BCUT2D eigenvalue weighted by Gasteiger charge is 2.11. The van der Waals surface area contributed by atoms with E-state index in [1.165, 1.54) is 4.88 Å². The van der Waals surface area contributed by atoms with Crippen molar-refractivity contribution in [1.82, 2.24) is 19.7 Å². The van der Waals surface area contributed by atoms with Crippen molar-refractivity contribution in [2.45, 2.75) is 13.5 Å². The molecule has 0 atom stereocenters. The summed E-state index contributed by atoms with van der Waals surface area (Å²) in [5.41, 5.74) is 3.26. The van der Waals surface area contributed by atoms with Gasteiger partial charge in [-0.2, -0.15) is 5.10 Å². The van der Waals surface area contributed by atoms with Gasteiger partial charge in [0.25, 0.3) is 0 Å². The molecule has 5 nitrogen and oxygen atoms in total. The molecule has 0 radical (unpaired) electrons. The van der Waals surface area contributed by atoms with Crippen LogP contribution in [0.3, 0.4) is 0 Å². The molecule has 0 amide bonds. The fourth-order valence-corrected chi connectivity index (χ4v) is 3.65. The average molecular weight is 335 g/mol. The summed E-state index contributed by atoms with van der Waals surface area (Å²) in [6.45, 7) is 2.75. The Morgan fingerprint density at radius 3 is 2.83 bits per heavy atom. The van der Waals surface area contributed by atoms with Gasteiger partial charge in [0.05, 0.1) is 11.1 Å². The first-order valence-electron chi connectivity index (χ1n) is 7.73. The summed E-state index contributed by atoms with van der Waals surface area (Å²) in [5.74, 6) is 0.868. The number of rotatable bonds is 4. The molecule has 4 rings (SSSR count). The largest absolute Gasteiger partial charge is 0.365 e. The van der Waals surface area contributed by atoms with Crippen LogP contribution in [0.15, 0.2) is 48.9 Å². The third kappa shape index (κ3) is 2.76. The molecule has 1 aromatic carbocycles. The Morgan fingerprint density at radius 1 is 1.17 bits per heavy atom. The summed E-state index contributed by atoms with van der Waals surface area (Å²) in [6.07, 6.45) is 3.66. The van der Waals surface area contributed by atoms with Crippen molar-refractivity contribution >= 4 is 27.4 Å². The van der Waals surface area contributed by atoms with E-state index in [2.05, 4.69) is 45.5 Å². The summed E-state index contributed by atoms with van der Waals surface area (Å²) in [4.78, 5) is 11.0. The quantitative estimate of drug-likeness (QED) is 0.612. The average Bonchev–Trinajstić information content (AvgIpc) is 3.15. The topological polar surface area (TPSA) is 55.6 Å². The lowest BCUT2D eigenvalue weighted by molar-refractivity contribution is 0.770. The van der Waals surface area contributed by atoms with Crippen LogP contribution < -0.4 is 5.32 Å². The molecule has 0 bridgehead atoms. The van der Waals surface area contributed by atoms with E-state index in [4.69, 9.17) is 0 Å². The highest BCUT2D eigenvalue weighted by atomic mass is 32.1. The molecule has 3 heterocycles. The number of anilines is 1. The van der Waals surface area contributed by atoms with Gasteiger partial charge in [-0.1, -0.05) is 30.3 Å². The van der Waals surface area contributed by atoms with Crippen LogP contribution in [-0.2, 0) is 13.6 Å². The van der Waals surface area contributed by atoms with E-state index in [-0.39, 0.29) is 0 Å². The molecule has 0 spiro atoms. The van der Waals surface area contributed by atoms with Crippen molar-refractivity contribution in [2.24, 2.45) is 7.05 Å². The second-order valence-corrected chi connectivity index (χ2v) is 6.93. The van der Waals surface area contributed by atoms with Crippen LogP contribution >= 0.6 is 11.3 Å². The molecule has 120 valence electrons. The van der Waals surface area contributed by atoms with Gasteiger partial charge in [-0.15, -0.1) is 11.3 Å². The number of aryl methyl sites for hydroxylation is 2. The summed E-state index contributed by atoms with van der Waals surface area (Å²) in [6, 6.07) is 12.4. The Hall–Kier alpha value is -2.73. The van der Waals surface area contributed by atoms with E-state index in [0.29, 0.717) is 6.54 Å². The summed E-state index contributed by atoms with van der Waals surface area (Å²) in [5, 5.41) is 9.12. The fourth-order valence-electron chi connectivity index (χ4n) is 2.80. The van der Waals surface area contributed by atoms with Gasteiger partial charge in [0, 0.05) is 35.8 Å². The number of thiophene rings is 1. The lowest BCUT2D eigenvalue weighted by Crippen LogP contribution is -2.02. The van der Waals surface area contributed by atoms with Gasteiger partial charge in [0.15, 0.2) is 0 Å². The zero-order chi connectivity index (χ0) is 16.5. The second-order valence-electron chi connectivity index (χ2n) is 5.69. The van der Waals surface area contributed by atoms with E-state index < -0.39 is 0 Å². The summed E-state index contributed by atoms with van der Waals surface area (Å²) in [7, 11) is 1.95. The molecule has 6 heteroatoms. The molecule has 4 aromatic rings. The smallest absolute Gasteiger partial charge is 0.138 e. The van der Waals surface area contributed by atoms with Crippen molar-refractivity contribution in [1.29, 1.82) is 0 Å². The van der Waals surface area contributed by atoms with E-state index >= 15 is 0 Å². The summed E-state index contributed by atoms with van der Waals surface area (Å²) < 4.78 is 1.85. The first kappa shape index (κ1) is 14.8. The van der Waals surface area contributed by atoms with Crippen LogP contribution in [0, 0.1) is 6.92 Å². The first-order valence-corrected chi connectivity index (χ1v) is 8.55. The van der Waals surface area contributed by atoms with E-state index in [1.54, 1.807) is 17.7 Å². The number of fused-ring (bicyclic) bond motifs is 1. The van der Waals surface area contributed by atoms with Gasteiger partial charge in [-0.25, -0.2) is 9.97 Å². The van der Waals surface area contributed by atoms with Crippen molar-refractivity contribution in [3.05, 3.63) is 59.4 Å².